The Morgan fingerprint density at radius 3 is 2.53 bits per heavy atom. The monoisotopic (exact) mass is 230 g/mol. The van der Waals surface area contributed by atoms with Crippen LogP contribution in [-0.4, -0.2) is 15.0 Å². The van der Waals surface area contributed by atoms with E-state index in [1.807, 2.05) is 19.3 Å². The molecule has 0 N–H and O–H groups in total. The molecule has 1 aromatic rings. The number of rotatable bonds is 6. The van der Waals surface area contributed by atoms with E-state index in [9.17, 15) is 4.79 Å². The summed E-state index contributed by atoms with van der Waals surface area (Å²) in [6.07, 6.45) is 5.74. The van der Waals surface area contributed by atoms with E-state index in [0.717, 1.165) is 25.9 Å². The minimum Gasteiger partial charge on any atom is -0.300 e. The predicted molar refractivity (Wildman–Crippen MR) is 63.5 cm³/mol. The van der Waals surface area contributed by atoms with Crippen LogP contribution in [0.3, 0.4) is 0 Å². The van der Waals surface area contributed by atoms with Gasteiger partial charge in [0.25, 0.3) is 0 Å². The number of imidazole rings is 1. The molecule has 1 aromatic heterocycles. The molecule has 0 aliphatic carbocycles. The third kappa shape index (κ3) is 3.42. The van der Waals surface area contributed by atoms with Gasteiger partial charge in [0, 0.05) is 31.4 Å². The molecule has 0 aliphatic rings. The topological polar surface area (TPSA) is 26.9 Å². The van der Waals surface area contributed by atoms with E-state index < -0.39 is 0 Å². The van der Waals surface area contributed by atoms with Gasteiger partial charge in [0.1, 0.15) is 0 Å². The molecule has 1 atom stereocenters. The van der Waals surface area contributed by atoms with Crippen molar-refractivity contribution in [3.63, 3.8) is 0 Å². The average molecular weight is 231 g/mol. The highest BCUT2D eigenvalue weighted by molar-refractivity contribution is 6.17. The van der Waals surface area contributed by atoms with Crippen molar-refractivity contribution >= 4 is 11.6 Å². The van der Waals surface area contributed by atoms with E-state index in [1.165, 1.54) is 0 Å². The van der Waals surface area contributed by atoms with Gasteiger partial charge in [-0.25, -0.2) is 4.79 Å². The van der Waals surface area contributed by atoms with Crippen molar-refractivity contribution in [1.82, 2.24) is 9.13 Å². The van der Waals surface area contributed by atoms with Gasteiger partial charge in [0.2, 0.25) is 0 Å². The molecule has 0 radical (unpaired) electrons. The lowest BCUT2D eigenvalue weighted by atomic mass is 10.1. The smallest absolute Gasteiger partial charge is 0.300 e. The lowest BCUT2D eigenvalue weighted by molar-refractivity contribution is 0.461. The Kier molecular flexibility index (Phi) is 4.95. The van der Waals surface area contributed by atoms with Crippen molar-refractivity contribution < 1.29 is 0 Å². The van der Waals surface area contributed by atoms with Gasteiger partial charge in [-0.3, -0.25) is 9.13 Å². The summed E-state index contributed by atoms with van der Waals surface area (Å²) in [6.45, 7) is 5.68. The number of halogens is 1. The van der Waals surface area contributed by atoms with Crippen molar-refractivity contribution in [3.8, 4) is 0 Å². The van der Waals surface area contributed by atoms with E-state index in [2.05, 4.69) is 6.92 Å². The maximum absolute atomic E-state index is 11.7. The van der Waals surface area contributed by atoms with Crippen LogP contribution in [0.4, 0.5) is 0 Å². The van der Waals surface area contributed by atoms with E-state index in [0.29, 0.717) is 11.8 Å². The van der Waals surface area contributed by atoms with Crippen molar-refractivity contribution in [1.29, 1.82) is 0 Å². The molecule has 0 aliphatic heterocycles. The van der Waals surface area contributed by atoms with E-state index in [4.69, 9.17) is 11.6 Å². The Morgan fingerprint density at radius 1 is 1.33 bits per heavy atom. The summed E-state index contributed by atoms with van der Waals surface area (Å²) in [6, 6.07) is 0. The number of aryl methyl sites for hydroxylation is 2. The Bertz CT molecular complexity index is 343. The summed E-state index contributed by atoms with van der Waals surface area (Å²) in [5.41, 5.74) is 0.0931. The highest BCUT2D eigenvalue weighted by atomic mass is 35.5. The zero-order valence-corrected chi connectivity index (χ0v) is 10.2. The van der Waals surface area contributed by atoms with Gasteiger partial charge >= 0.3 is 5.69 Å². The molecule has 0 bridgehead atoms. The van der Waals surface area contributed by atoms with Crippen molar-refractivity contribution in [2.75, 3.05) is 5.88 Å². The molecule has 0 spiro atoms. The van der Waals surface area contributed by atoms with E-state index in [-0.39, 0.29) is 5.69 Å². The highest BCUT2D eigenvalue weighted by Gasteiger charge is 2.04. The van der Waals surface area contributed by atoms with Gasteiger partial charge in [-0.15, -0.1) is 11.6 Å². The molecule has 1 rings (SSSR count). The summed E-state index contributed by atoms with van der Waals surface area (Å²) in [5.74, 6) is 1.28. The second-order valence-electron chi connectivity index (χ2n) is 3.93. The van der Waals surface area contributed by atoms with Crippen molar-refractivity contribution in [2.45, 2.75) is 39.8 Å². The van der Waals surface area contributed by atoms with Crippen molar-refractivity contribution in [2.24, 2.45) is 5.92 Å². The third-order valence-corrected chi connectivity index (χ3v) is 2.94. The van der Waals surface area contributed by atoms with Gasteiger partial charge in [-0.05, 0) is 25.7 Å². The summed E-state index contributed by atoms with van der Waals surface area (Å²) in [4.78, 5) is 11.7. The van der Waals surface area contributed by atoms with Gasteiger partial charge in [0.05, 0.1) is 0 Å². The summed E-state index contributed by atoms with van der Waals surface area (Å²) in [5, 5.41) is 0. The first kappa shape index (κ1) is 12.4. The van der Waals surface area contributed by atoms with Crippen LogP contribution in [0.2, 0.25) is 0 Å². The lowest BCUT2D eigenvalue weighted by Crippen LogP contribution is -2.24. The van der Waals surface area contributed by atoms with E-state index >= 15 is 0 Å². The molecular weight excluding hydrogens is 212 g/mol. The maximum Gasteiger partial charge on any atom is 0.328 e. The summed E-state index contributed by atoms with van der Waals surface area (Å²) < 4.78 is 3.49. The van der Waals surface area contributed by atoms with Gasteiger partial charge in [0.15, 0.2) is 0 Å². The average Bonchev–Trinajstić information content (AvgIpc) is 2.57. The number of nitrogens with zero attached hydrogens (tertiary/aromatic N) is 2. The minimum absolute atomic E-state index is 0.0931. The second kappa shape index (κ2) is 6.01. The molecule has 3 nitrogen and oxygen atoms in total. The number of alkyl halides is 1. The SMILES string of the molecule is CCn1ccn(CCC(C)CCCl)c1=O. The fourth-order valence-corrected chi connectivity index (χ4v) is 1.93. The zero-order chi connectivity index (χ0) is 11.3. The molecule has 0 saturated carbocycles. The molecule has 86 valence electrons. The number of hydrogen-bond donors (Lipinski definition) is 0. The molecule has 1 unspecified atom stereocenters. The molecular formula is C11H19ClN2O. The molecule has 4 heteroatoms. The van der Waals surface area contributed by atoms with E-state index in [1.54, 1.807) is 9.13 Å². The fourth-order valence-electron chi connectivity index (χ4n) is 1.55. The van der Waals surface area contributed by atoms with Crippen LogP contribution in [0.1, 0.15) is 26.7 Å². The van der Waals surface area contributed by atoms with Crippen molar-refractivity contribution in [3.05, 3.63) is 22.9 Å². The number of aromatic nitrogens is 2. The quantitative estimate of drug-likeness (QED) is 0.689. The van der Waals surface area contributed by atoms with Crippen LogP contribution < -0.4 is 5.69 Å². The molecule has 0 amide bonds. The van der Waals surface area contributed by atoms with Gasteiger partial charge in [-0.1, -0.05) is 6.92 Å². The molecule has 15 heavy (non-hydrogen) atoms. The summed E-state index contributed by atoms with van der Waals surface area (Å²) in [7, 11) is 0. The molecule has 0 saturated heterocycles. The Hall–Kier alpha value is -0.700. The third-order valence-electron chi connectivity index (χ3n) is 2.72. The Balaban J connectivity index is 2.51. The fraction of sp³-hybridized carbons (Fsp3) is 0.727. The van der Waals surface area contributed by atoms with Crippen LogP contribution >= 0.6 is 11.6 Å². The molecule has 1 heterocycles. The van der Waals surface area contributed by atoms with Crippen LogP contribution in [0.5, 0.6) is 0 Å². The zero-order valence-electron chi connectivity index (χ0n) is 9.45. The molecule has 0 aromatic carbocycles. The van der Waals surface area contributed by atoms with Crippen LogP contribution in [0.25, 0.3) is 0 Å². The standard InChI is InChI=1S/C11H19ClN2O/c1-3-13-8-9-14(11(13)15)7-5-10(2)4-6-12/h8-10H,3-7H2,1-2H3. The van der Waals surface area contributed by atoms with Crippen LogP contribution in [0, 0.1) is 5.92 Å². The maximum atomic E-state index is 11.7. The normalized spacial score (nSPS) is 13.0. The summed E-state index contributed by atoms with van der Waals surface area (Å²) >= 11 is 5.66. The molecule has 0 fully saturated rings. The lowest BCUT2D eigenvalue weighted by Gasteiger charge is -2.08. The first-order valence-electron chi connectivity index (χ1n) is 5.50. The van der Waals surface area contributed by atoms with Crippen LogP contribution in [-0.2, 0) is 13.1 Å². The van der Waals surface area contributed by atoms with Gasteiger partial charge < -0.3 is 0 Å². The Labute approximate surface area is 95.7 Å². The largest absolute Gasteiger partial charge is 0.328 e. The predicted octanol–water partition coefficient (Wildman–Crippen LogP) is 2.32. The Morgan fingerprint density at radius 2 is 2.00 bits per heavy atom. The van der Waals surface area contributed by atoms with Gasteiger partial charge in [-0.2, -0.15) is 0 Å². The number of hydrogen-bond acceptors (Lipinski definition) is 1. The van der Waals surface area contributed by atoms with Crippen LogP contribution in [0.15, 0.2) is 17.2 Å². The minimum atomic E-state index is 0.0931. The second-order valence-corrected chi connectivity index (χ2v) is 4.31. The highest BCUT2D eigenvalue weighted by Crippen LogP contribution is 2.09. The first-order valence-corrected chi connectivity index (χ1v) is 6.04. The first-order chi connectivity index (χ1) is 7.19.